The predicted octanol–water partition coefficient (Wildman–Crippen LogP) is 1.36. The van der Waals surface area contributed by atoms with Crippen molar-refractivity contribution in [2.24, 2.45) is 0 Å². The second-order valence-electron chi connectivity index (χ2n) is 4.98. The number of hydrogen-bond acceptors (Lipinski definition) is 3. The topological polar surface area (TPSA) is 32.8 Å². The molecule has 1 aliphatic rings. The second kappa shape index (κ2) is 7.67. The van der Waals surface area contributed by atoms with E-state index in [9.17, 15) is 4.79 Å². The number of ether oxygens (including phenoxy) is 1. The highest BCUT2D eigenvalue weighted by Crippen LogP contribution is 2.15. The minimum absolute atomic E-state index is 0.307. The monoisotopic (exact) mass is 242 g/mol. The van der Waals surface area contributed by atoms with E-state index in [2.05, 4.69) is 16.7 Å². The van der Waals surface area contributed by atoms with Crippen molar-refractivity contribution in [2.45, 2.75) is 38.6 Å². The summed E-state index contributed by atoms with van der Waals surface area (Å²) < 4.78 is 5.37. The van der Waals surface area contributed by atoms with Gasteiger partial charge in [0.05, 0.1) is 0 Å². The van der Waals surface area contributed by atoms with Gasteiger partial charge < -0.3 is 14.5 Å². The van der Waals surface area contributed by atoms with Gasteiger partial charge in [0.25, 0.3) is 0 Å². The molecule has 1 rings (SSSR count). The summed E-state index contributed by atoms with van der Waals surface area (Å²) >= 11 is 0. The number of rotatable bonds is 6. The van der Waals surface area contributed by atoms with Crippen LogP contribution in [0.4, 0.5) is 0 Å². The Kier molecular flexibility index (Phi) is 6.52. The van der Waals surface area contributed by atoms with Crippen molar-refractivity contribution in [2.75, 3.05) is 40.4 Å². The molecule has 0 radical (unpaired) electrons. The summed E-state index contributed by atoms with van der Waals surface area (Å²) in [4.78, 5) is 16.3. The minimum Gasteiger partial charge on any atom is -0.381 e. The van der Waals surface area contributed by atoms with E-state index in [4.69, 9.17) is 4.74 Å². The fraction of sp³-hybridized carbons (Fsp3) is 0.923. The van der Waals surface area contributed by atoms with E-state index in [0.717, 1.165) is 45.6 Å². The lowest BCUT2D eigenvalue weighted by Gasteiger charge is -2.35. The molecule has 4 heteroatoms. The van der Waals surface area contributed by atoms with Gasteiger partial charge in [-0.2, -0.15) is 0 Å². The molecule has 0 aromatic rings. The number of amides is 1. The van der Waals surface area contributed by atoms with Crippen molar-refractivity contribution >= 4 is 5.91 Å². The highest BCUT2D eigenvalue weighted by Gasteiger charge is 2.24. The highest BCUT2D eigenvalue weighted by atomic mass is 16.5. The first-order valence-electron chi connectivity index (χ1n) is 6.67. The molecule has 100 valence electrons. The number of carbonyl (C=O) groups is 1. The molecule has 1 saturated heterocycles. The lowest BCUT2D eigenvalue weighted by molar-refractivity contribution is -0.135. The molecule has 0 aliphatic carbocycles. The third-order valence-corrected chi connectivity index (χ3v) is 3.20. The Balaban J connectivity index is 2.53. The molecule has 0 spiro atoms. The molecule has 0 N–H and O–H groups in total. The van der Waals surface area contributed by atoms with Crippen LogP contribution in [-0.4, -0.2) is 62.1 Å². The zero-order chi connectivity index (χ0) is 12.7. The summed E-state index contributed by atoms with van der Waals surface area (Å²) in [6, 6.07) is 0.391. The Morgan fingerprint density at radius 1 is 1.24 bits per heavy atom. The molecule has 0 saturated carbocycles. The second-order valence-corrected chi connectivity index (χ2v) is 4.98. The van der Waals surface area contributed by atoms with E-state index in [1.165, 1.54) is 0 Å². The molecule has 0 aromatic heterocycles. The summed E-state index contributed by atoms with van der Waals surface area (Å²) in [6.45, 7) is 5.43. The quantitative estimate of drug-likeness (QED) is 0.705. The Morgan fingerprint density at radius 2 is 1.88 bits per heavy atom. The summed E-state index contributed by atoms with van der Waals surface area (Å²) in [7, 11) is 4.10. The fourth-order valence-electron chi connectivity index (χ4n) is 2.17. The van der Waals surface area contributed by atoms with Gasteiger partial charge >= 0.3 is 0 Å². The molecule has 4 nitrogen and oxygen atoms in total. The van der Waals surface area contributed by atoms with Gasteiger partial charge in [0.15, 0.2) is 0 Å². The molecular weight excluding hydrogens is 216 g/mol. The minimum atomic E-state index is 0.307. The summed E-state index contributed by atoms with van der Waals surface area (Å²) in [6.07, 6.45) is 3.58. The maximum atomic E-state index is 12.1. The van der Waals surface area contributed by atoms with Crippen LogP contribution in [-0.2, 0) is 9.53 Å². The van der Waals surface area contributed by atoms with Crippen molar-refractivity contribution in [3.63, 3.8) is 0 Å². The molecule has 1 amide bonds. The van der Waals surface area contributed by atoms with Crippen LogP contribution < -0.4 is 0 Å². The number of hydrogen-bond donors (Lipinski definition) is 0. The predicted molar refractivity (Wildman–Crippen MR) is 69.0 cm³/mol. The molecule has 17 heavy (non-hydrogen) atoms. The van der Waals surface area contributed by atoms with Crippen LogP contribution in [0.2, 0.25) is 0 Å². The van der Waals surface area contributed by atoms with Crippen molar-refractivity contribution < 1.29 is 9.53 Å². The summed E-state index contributed by atoms with van der Waals surface area (Å²) in [5, 5.41) is 0. The third-order valence-electron chi connectivity index (χ3n) is 3.20. The Hall–Kier alpha value is -0.610. The van der Waals surface area contributed by atoms with Crippen LogP contribution >= 0.6 is 0 Å². The summed E-state index contributed by atoms with van der Waals surface area (Å²) in [5.41, 5.74) is 0. The lowest BCUT2D eigenvalue weighted by atomic mass is 10.1. The van der Waals surface area contributed by atoms with Crippen LogP contribution in [0.1, 0.15) is 32.6 Å². The van der Waals surface area contributed by atoms with E-state index in [1.807, 2.05) is 14.1 Å². The van der Waals surface area contributed by atoms with E-state index >= 15 is 0 Å². The van der Waals surface area contributed by atoms with Gasteiger partial charge in [0.1, 0.15) is 0 Å². The Bertz CT molecular complexity index is 225. The van der Waals surface area contributed by atoms with E-state index in [1.54, 1.807) is 0 Å². The Morgan fingerprint density at radius 3 is 2.41 bits per heavy atom. The zero-order valence-corrected chi connectivity index (χ0v) is 11.4. The standard InChI is InChI=1S/C13H26N2O2/c1-4-5-13(16)15(9-8-14(2)3)12-6-10-17-11-7-12/h12H,4-11H2,1-3H3. The number of nitrogens with zero attached hydrogens (tertiary/aromatic N) is 2. The van der Waals surface area contributed by atoms with Crippen molar-refractivity contribution in [1.29, 1.82) is 0 Å². The molecule has 1 heterocycles. The lowest BCUT2D eigenvalue weighted by Crippen LogP contribution is -2.46. The molecule has 0 unspecified atom stereocenters. The van der Waals surface area contributed by atoms with Crippen molar-refractivity contribution in [3.8, 4) is 0 Å². The molecule has 0 bridgehead atoms. The van der Waals surface area contributed by atoms with Crippen molar-refractivity contribution in [3.05, 3.63) is 0 Å². The molecular formula is C13H26N2O2. The SMILES string of the molecule is CCCC(=O)N(CCN(C)C)C1CCOCC1. The average Bonchev–Trinajstić information content (AvgIpc) is 2.30. The highest BCUT2D eigenvalue weighted by molar-refractivity contribution is 5.76. The van der Waals surface area contributed by atoms with Gasteiger partial charge in [-0.1, -0.05) is 6.92 Å². The van der Waals surface area contributed by atoms with E-state index in [-0.39, 0.29) is 0 Å². The number of likely N-dealkylation sites (N-methyl/N-ethyl adjacent to an activating group) is 1. The van der Waals surface area contributed by atoms with Gasteiger partial charge in [-0.05, 0) is 33.4 Å². The van der Waals surface area contributed by atoms with Gasteiger partial charge in [0, 0.05) is 38.8 Å². The maximum absolute atomic E-state index is 12.1. The third kappa shape index (κ3) is 5.04. The van der Waals surface area contributed by atoms with Gasteiger partial charge in [-0.15, -0.1) is 0 Å². The average molecular weight is 242 g/mol. The number of carbonyl (C=O) groups excluding carboxylic acids is 1. The van der Waals surface area contributed by atoms with Crippen LogP contribution in [0.5, 0.6) is 0 Å². The first-order chi connectivity index (χ1) is 8.15. The first-order valence-corrected chi connectivity index (χ1v) is 6.67. The fourth-order valence-corrected chi connectivity index (χ4v) is 2.17. The van der Waals surface area contributed by atoms with Gasteiger partial charge in [-0.25, -0.2) is 0 Å². The largest absolute Gasteiger partial charge is 0.381 e. The molecule has 0 atom stereocenters. The van der Waals surface area contributed by atoms with Crippen LogP contribution in [0, 0.1) is 0 Å². The molecule has 1 fully saturated rings. The van der Waals surface area contributed by atoms with Crippen LogP contribution in [0.15, 0.2) is 0 Å². The summed E-state index contributed by atoms with van der Waals surface area (Å²) in [5.74, 6) is 0.307. The smallest absolute Gasteiger partial charge is 0.222 e. The van der Waals surface area contributed by atoms with Crippen LogP contribution in [0.25, 0.3) is 0 Å². The zero-order valence-electron chi connectivity index (χ0n) is 11.4. The molecule has 1 aliphatic heterocycles. The van der Waals surface area contributed by atoms with Crippen LogP contribution in [0.3, 0.4) is 0 Å². The van der Waals surface area contributed by atoms with E-state index in [0.29, 0.717) is 18.4 Å². The first kappa shape index (κ1) is 14.5. The van der Waals surface area contributed by atoms with Gasteiger partial charge in [-0.3, -0.25) is 4.79 Å². The molecule has 0 aromatic carbocycles. The van der Waals surface area contributed by atoms with Crippen molar-refractivity contribution in [1.82, 2.24) is 9.80 Å². The van der Waals surface area contributed by atoms with E-state index < -0.39 is 0 Å². The van der Waals surface area contributed by atoms with Gasteiger partial charge in [0.2, 0.25) is 5.91 Å². The Labute approximate surface area is 105 Å². The normalized spacial score (nSPS) is 17.4. The maximum Gasteiger partial charge on any atom is 0.222 e.